The molecule has 1 aromatic carbocycles. The van der Waals surface area contributed by atoms with Crippen molar-refractivity contribution in [3.63, 3.8) is 0 Å². The average Bonchev–Trinajstić information content (AvgIpc) is 2.35. The number of hydrogen-bond acceptors (Lipinski definition) is 5. The van der Waals surface area contributed by atoms with E-state index < -0.39 is 10.0 Å². The van der Waals surface area contributed by atoms with E-state index in [0.717, 1.165) is 5.56 Å². The Morgan fingerprint density at radius 3 is 2.65 bits per heavy atom. The Balaban J connectivity index is 2.19. The summed E-state index contributed by atoms with van der Waals surface area (Å²) in [6.07, 6.45) is 1.59. The third-order valence-electron chi connectivity index (χ3n) is 2.66. The number of aryl methyl sites for hydroxylation is 2. The van der Waals surface area contributed by atoms with Gasteiger partial charge in [-0.05, 0) is 43.7 Å². The molecule has 0 saturated heterocycles. The minimum atomic E-state index is -3.61. The van der Waals surface area contributed by atoms with Gasteiger partial charge >= 0.3 is 0 Å². The number of nitrogens with two attached hydrogens (primary N) is 1. The maximum Gasteiger partial charge on any atom is 0.241 e. The van der Waals surface area contributed by atoms with E-state index in [-0.39, 0.29) is 11.4 Å². The summed E-state index contributed by atoms with van der Waals surface area (Å²) in [6.45, 7) is 3.65. The minimum absolute atomic E-state index is 0.111. The zero-order valence-electron chi connectivity index (χ0n) is 11.3. The maximum absolute atomic E-state index is 12.2. The van der Waals surface area contributed by atoms with Gasteiger partial charge in [0.1, 0.15) is 5.82 Å². The number of aromatic nitrogens is 2. The molecule has 1 aromatic heterocycles. The van der Waals surface area contributed by atoms with Gasteiger partial charge < -0.3 is 5.73 Å². The second-order valence-electron chi connectivity index (χ2n) is 4.50. The van der Waals surface area contributed by atoms with Crippen molar-refractivity contribution in [3.8, 4) is 0 Å². The number of sulfonamides is 1. The lowest BCUT2D eigenvalue weighted by atomic mass is 10.2. The molecule has 0 unspecified atom stereocenters. The molecule has 2 aromatic rings. The summed E-state index contributed by atoms with van der Waals surface area (Å²) < 4.78 is 26.9. The summed E-state index contributed by atoms with van der Waals surface area (Å²) in [5, 5.41) is 0. The fraction of sp³-hybridized carbons (Fsp3) is 0.231. The van der Waals surface area contributed by atoms with E-state index in [1.807, 2.05) is 0 Å². The third kappa shape index (κ3) is 3.52. The van der Waals surface area contributed by atoms with Crippen LogP contribution in [0.4, 0.5) is 5.69 Å². The SMILES string of the molecule is Cc1cc(N)cc(S(=O)(=O)NCc2ccnc(C)n2)c1. The molecule has 0 aliphatic heterocycles. The maximum atomic E-state index is 12.2. The topological polar surface area (TPSA) is 98.0 Å². The number of nitrogen functional groups attached to an aromatic ring is 1. The Kier molecular flexibility index (Phi) is 4.01. The largest absolute Gasteiger partial charge is 0.399 e. The zero-order valence-corrected chi connectivity index (χ0v) is 12.1. The van der Waals surface area contributed by atoms with Crippen LogP contribution in [0.2, 0.25) is 0 Å². The Labute approximate surface area is 118 Å². The number of nitrogens with one attached hydrogen (secondary N) is 1. The summed E-state index contributed by atoms with van der Waals surface area (Å²) in [5.74, 6) is 0.599. The number of nitrogens with zero attached hydrogens (tertiary/aromatic N) is 2. The molecule has 0 amide bonds. The highest BCUT2D eigenvalue weighted by Crippen LogP contribution is 2.16. The second-order valence-corrected chi connectivity index (χ2v) is 6.27. The van der Waals surface area contributed by atoms with Gasteiger partial charge in [-0.1, -0.05) is 0 Å². The molecule has 0 aliphatic carbocycles. The molecule has 0 spiro atoms. The van der Waals surface area contributed by atoms with Crippen LogP contribution in [0.5, 0.6) is 0 Å². The molecule has 0 saturated carbocycles. The lowest BCUT2D eigenvalue weighted by Crippen LogP contribution is -2.24. The summed E-state index contributed by atoms with van der Waals surface area (Å²) in [6, 6.07) is 6.39. The Bertz CT molecular complexity index is 709. The Morgan fingerprint density at radius 2 is 2.00 bits per heavy atom. The fourth-order valence-corrected chi connectivity index (χ4v) is 2.92. The predicted octanol–water partition coefficient (Wildman–Crippen LogP) is 1.15. The van der Waals surface area contributed by atoms with E-state index in [9.17, 15) is 8.42 Å². The summed E-state index contributed by atoms with van der Waals surface area (Å²) in [7, 11) is -3.61. The number of hydrogen-bond donors (Lipinski definition) is 2. The molecule has 2 rings (SSSR count). The van der Waals surface area contributed by atoms with E-state index >= 15 is 0 Å². The summed E-state index contributed by atoms with van der Waals surface area (Å²) >= 11 is 0. The average molecular weight is 292 g/mol. The van der Waals surface area contributed by atoms with Crippen molar-refractivity contribution in [2.75, 3.05) is 5.73 Å². The predicted molar refractivity (Wildman–Crippen MR) is 76.4 cm³/mol. The van der Waals surface area contributed by atoms with Gasteiger partial charge in [0, 0.05) is 11.9 Å². The highest BCUT2D eigenvalue weighted by molar-refractivity contribution is 7.89. The van der Waals surface area contributed by atoms with Gasteiger partial charge in [0.2, 0.25) is 10.0 Å². The first kappa shape index (κ1) is 14.4. The van der Waals surface area contributed by atoms with Gasteiger partial charge in [0.25, 0.3) is 0 Å². The normalized spacial score (nSPS) is 11.5. The van der Waals surface area contributed by atoms with Crippen LogP contribution >= 0.6 is 0 Å². The van der Waals surface area contributed by atoms with E-state index in [4.69, 9.17) is 5.73 Å². The van der Waals surface area contributed by atoms with Gasteiger partial charge in [-0.2, -0.15) is 0 Å². The Hall–Kier alpha value is -1.99. The Morgan fingerprint density at radius 1 is 1.25 bits per heavy atom. The van der Waals surface area contributed by atoms with Crippen molar-refractivity contribution in [3.05, 3.63) is 47.5 Å². The first-order chi connectivity index (χ1) is 9.37. The van der Waals surface area contributed by atoms with Crippen LogP contribution in [0.3, 0.4) is 0 Å². The standard InChI is InChI=1S/C13H16N4O2S/c1-9-5-11(14)7-13(6-9)20(18,19)16-8-12-3-4-15-10(2)17-12/h3-7,16H,8,14H2,1-2H3. The molecule has 0 aliphatic rings. The molecule has 0 bridgehead atoms. The van der Waals surface area contributed by atoms with Crippen LogP contribution in [-0.4, -0.2) is 18.4 Å². The van der Waals surface area contributed by atoms with Gasteiger partial charge in [-0.15, -0.1) is 0 Å². The van der Waals surface area contributed by atoms with Crippen molar-refractivity contribution >= 4 is 15.7 Å². The van der Waals surface area contributed by atoms with Crippen molar-refractivity contribution < 1.29 is 8.42 Å². The van der Waals surface area contributed by atoms with Crippen LogP contribution in [0.25, 0.3) is 0 Å². The van der Waals surface area contributed by atoms with Gasteiger partial charge in [-0.25, -0.2) is 23.1 Å². The van der Waals surface area contributed by atoms with E-state index in [2.05, 4.69) is 14.7 Å². The monoisotopic (exact) mass is 292 g/mol. The molecule has 7 heteroatoms. The number of rotatable bonds is 4. The van der Waals surface area contributed by atoms with Crippen molar-refractivity contribution in [1.29, 1.82) is 0 Å². The summed E-state index contributed by atoms with van der Waals surface area (Å²) in [4.78, 5) is 8.26. The quantitative estimate of drug-likeness (QED) is 0.824. The van der Waals surface area contributed by atoms with Gasteiger partial charge in [-0.3, -0.25) is 0 Å². The van der Waals surface area contributed by atoms with Crippen molar-refractivity contribution in [2.45, 2.75) is 25.3 Å². The molecular weight excluding hydrogens is 276 g/mol. The summed E-state index contributed by atoms with van der Waals surface area (Å²) in [5.41, 5.74) is 7.50. The van der Waals surface area contributed by atoms with Crippen LogP contribution in [0, 0.1) is 13.8 Å². The molecule has 6 nitrogen and oxygen atoms in total. The van der Waals surface area contributed by atoms with Gasteiger partial charge in [0.15, 0.2) is 0 Å². The molecule has 0 fully saturated rings. The smallest absolute Gasteiger partial charge is 0.241 e. The zero-order chi connectivity index (χ0) is 14.8. The lowest BCUT2D eigenvalue weighted by Gasteiger charge is -2.08. The van der Waals surface area contributed by atoms with Crippen molar-refractivity contribution in [2.24, 2.45) is 0 Å². The van der Waals surface area contributed by atoms with E-state index in [0.29, 0.717) is 17.2 Å². The van der Waals surface area contributed by atoms with Crippen LogP contribution < -0.4 is 10.5 Å². The van der Waals surface area contributed by atoms with Crippen molar-refractivity contribution in [1.82, 2.24) is 14.7 Å². The molecule has 20 heavy (non-hydrogen) atoms. The van der Waals surface area contributed by atoms with E-state index in [1.54, 1.807) is 38.2 Å². The van der Waals surface area contributed by atoms with Gasteiger partial charge in [0.05, 0.1) is 17.1 Å². The molecular formula is C13H16N4O2S. The molecule has 0 atom stereocenters. The molecule has 106 valence electrons. The number of benzene rings is 1. The van der Waals surface area contributed by atoms with E-state index in [1.165, 1.54) is 6.07 Å². The van der Waals surface area contributed by atoms with Crippen LogP contribution in [0.1, 0.15) is 17.1 Å². The second kappa shape index (κ2) is 5.56. The highest BCUT2D eigenvalue weighted by atomic mass is 32.2. The molecule has 0 radical (unpaired) electrons. The van der Waals surface area contributed by atoms with Crippen LogP contribution in [-0.2, 0) is 16.6 Å². The molecule has 1 heterocycles. The number of anilines is 1. The first-order valence-corrected chi connectivity index (χ1v) is 7.50. The highest BCUT2D eigenvalue weighted by Gasteiger charge is 2.15. The third-order valence-corrected chi connectivity index (χ3v) is 4.04. The molecule has 3 N–H and O–H groups in total. The lowest BCUT2D eigenvalue weighted by molar-refractivity contribution is 0.580. The fourth-order valence-electron chi connectivity index (χ4n) is 1.79. The van der Waals surface area contributed by atoms with Crippen LogP contribution in [0.15, 0.2) is 35.4 Å². The minimum Gasteiger partial charge on any atom is -0.399 e. The first-order valence-electron chi connectivity index (χ1n) is 6.02.